The van der Waals surface area contributed by atoms with Crippen molar-refractivity contribution in [3.8, 4) is 11.5 Å². The fraction of sp³-hybridized carbons (Fsp3) is 0.185. The van der Waals surface area contributed by atoms with Crippen molar-refractivity contribution in [1.29, 1.82) is 0 Å². The van der Waals surface area contributed by atoms with Gasteiger partial charge in [0.15, 0.2) is 5.76 Å². The van der Waals surface area contributed by atoms with E-state index in [9.17, 15) is 14.0 Å². The lowest BCUT2D eigenvalue weighted by Gasteiger charge is -2.20. The highest BCUT2D eigenvalue weighted by Crippen LogP contribution is 2.37. The van der Waals surface area contributed by atoms with Gasteiger partial charge in [-0.25, -0.2) is 9.18 Å². The topological polar surface area (TPSA) is 55.8 Å². The second-order valence-electron chi connectivity index (χ2n) is 7.72. The van der Waals surface area contributed by atoms with Crippen LogP contribution in [0, 0.1) is 12.7 Å². The monoisotopic (exact) mass is 445 g/mol. The van der Waals surface area contributed by atoms with Gasteiger partial charge in [0.1, 0.15) is 17.3 Å². The Morgan fingerprint density at radius 2 is 1.79 bits per heavy atom. The average molecular weight is 445 g/mol. The number of aryl methyl sites for hydroxylation is 1. The van der Waals surface area contributed by atoms with Crippen molar-refractivity contribution in [3.63, 3.8) is 0 Å². The fourth-order valence-electron chi connectivity index (χ4n) is 3.84. The summed E-state index contributed by atoms with van der Waals surface area (Å²) >= 11 is 0. The van der Waals surface area contributed by atoms with Crippen LogP contribution in [0.4, 0.5) is 10.1 Å². The molecule has 6 heteroatoms. The lowest BCUT2D eigenvalue weighted by molar-refractivity contribution is 0.0734. The van der Waals surface area contributed by atoms with Crippen LogP contribution in [0.3, 0.4) is 0 Å². The molecule has 0 bridgehead atoms. The smallest absolute Gasteiger partial charge is 0.343 e. The number of carbonyl (C=O) groups is 2. The lowest BCUT2D eigenvalue weighted by Crippen LogP contribution is -2.21. The predicted octanol–water partition coefficient (Wildman–Crippen LogP) is 5.82. The van der Waals surface area contributed by atoms with E-state index in [-0.39, 0.29) is 22.9 Å². The Balaban J connectivity index is 1.55. The van der Waals surface area contributed by atoms with E-state index in [0.717, 1.165) is 30.4 Å². The molecule has 3 aromatic rings. The van der Waals surface area contributed by atoms with Gasteiger partial charge in [0, 0.05) is 24.8 Å². The number of hydrogen-bond donors (Lipinski definition) is 0. The number of fused-ring (bicyclic) bond motifs is 1. The van der Waals surface area contributed by atoms with E-state index >= 15 is 0 Å². The van der Waals surface area contributed by atoms with Gasteiger partial charge < -0.3 is 14.4 Å². The number of allylic oxidation sites excluding steroid dienone is 1. The van der Waals surface area contributed by atoms with E-state index in [1.54, 1.807) is 19.1 Å². The van der Waals surface area contributed by atoms with Crippen LogP contribution >= 0.6 is 0 Å². The van der Waals surface area contributed by atoms with Crippen LogP contribution in [0.2, 0.25) is 0 Å². The number of anilines is 1. The molecular weight excluding hydrogens is 421 g/mol. The molecule has 0 unspecified atom stereocenters. The summed E-state index contributed by atoms with van der Waals surface area (Å²) in [5.74, 6) is -0.688. The largest absolute Gasteiger partial charge is 0.452 e. The molecule has 0 saturated heterocycles. The first-order chi connectivity index (χ1) is 15.9. The first kappa shape index (κ1) is 22.3. The summed E-state index contributed by atoms with van der Waals surface area (Å²) in [6, 6.07) is 16.3. The number of ether oxygens (including phenoxy) is 2. The number of rotatable bonds is 6. The molecule has 0 atom stereocenters. The molecule has 3 aromatic carbocycles. The molecule has 0 aliphatic carbocycles. The Morgan fingerprint density at radius 3 is 2.45 bits per heavy atom. The van der Waals surface area contributed by atoms with E-state index in [1.165, 1.54) is 24.3 Å². The van der Waals surface area contributed by atoms with Gasteiger partial charge in [0.05, 0.1) is 11.1 Å². The van der Waals surface area contributed by atoms with Gasteiger partial charge in [-0.3, -0.25) is 4.79 Å². The summed E-state index contributed by atoms with van der Waals surface area (Å²) in [5.41, 5.74) is 3.12. The van der Waals surface area contributed by atoms with Crippen LogP contribution in [0.5, 0.6) is 11.5 Å². The molecule has 5 nitrogen and oxygen atoms in total. The van der Waals surface area contributed by atoms with Gasteiger partial charge in [-0.2, -0.15) is 0 Å². The van der Waals surface area contributed by atoms with Crippen molar-refractivity contribution in [2.45, 2.75) is 20.8 Å². The van der Waals surface area contributed by atoms with E-state index in [4.69, 9.17) is 9.47 Å². The molecule has 0 spiro atoms. The molecule has 1 heterocycles. The second kappa shape index (κ2) is 9.28. The fourth-order valence-corrected chi connectivity index (χ4v) is 3.84. The van der Waals surface area contributed by atoms with E-state index in [1.807, 2.05) is 24.3 Å². The van der Waals surface area contributed by atoms with Crippen molar-refractivity contribution in [3.05, 3.63) is 94.5 Å². The zero-order valence-corrected chi connectivity index (χ0v) is 18.7. The summed E-state index contributed by atoms with van der Waals surface area (Å²) in [4.78, 5) is 27.5. The van der Waals surface area contributed by atoms with E-state index in [0.29, 0.717) is 16.9 Å². The van der Waals surface area contributed by atoms with Gasteiger partial charge in [0.25, 0.3) is 0 Å². The maximum absolute atomic E-state index is 13.4. The SMILES string of the molecule is CCN(CC)c1ccc(/C=C2\Oc3cc(OC(=O)c4cccc(F)c4)cc(C)c3C2=O)cc1. The number of hydrogen-bond acceptors (Lipinski definition) is 5. The number of ketones is 1. The molecule has 0 radical (unpaired) electrons. The number of esters is 1. The zero-order chi connectivity index (χ0) is 23.5. The third-order valence-electron chi connectivity index (χ3n) is 5.53. The van der Waals surface area contributed by atoms with Crippen molar-refractivity contribution in [2.75, 3.05) is 18.0 Å². The Kier molecular flexibility index (Phi) is 6.27. The summed E-state index contributed by atoms with van der Waals surface area (Å²) in [5, 5.41) is 0. The number of nitrogens with zero attached hydrogens (tertiary/aromatic N) is 1. The normalized spacial score (nSPS) is 13.6. The molecule has 0 aromatic heterocycles. The van der Waals surface area contributed by atoms with Crippen molar-refractivity contribution in [2.24, 2.45) is 0 Å². The van der Waals surface area contributed by atoms with Gasteiger partial charge in [-0.15, -0.1) is 0 Å². The van der Waals surface area contributed by atoms with Crippen molar-refractivity contribution >= 4 is 23.5 Å². The Bertz CT molecular complexity index is 1240. The highest BCUT2D eigenvalue weighted by Gasteiger charge is 2.30. The van der Waals surface area contributed by atoms with E-state index < -0.39 is 11.8 Å². The maximum atomic E-state index is 13.4. The summed E-state index contributed by atoms with van der Waals surface area (Å²) in [7, 11) is 0. The van der Waals surface area contributed by atoms with Gasteiger partial charge in [0.2, 0.25) is 5.78 Å². The van der Waals surface area contributed by atoms with Crippen LogP contribution in [-0.4, -0.2) is 24.8 Å². The minimum Gasteiger partial charge on any atom is -0.452 e. The van der Waals surface area contributed by atoms with Crippen LogP contribution in [0.25, 0.3) is 6.08 Å². The Hall–Kier alpha value is -3.93. The number of Topliss-reactive ketones (excluding diaryl/α,β-unsaturated/α-hetero) is 1. The summed E-state index contributed by atoms with van der Waals surface area (Å²) in [6.07, 6.45) is 1.70. The number of benzene rings is 3. The Morgan fingerprint density at radius 1 is 1.06 bits per heavy atom. The van der Waals surface area contributed by atoms with Crippen LogP contribution in [0.1, 0.15) is 45.7 Å². The summed E-state index contributed by atoms with van der Waals surface area (Å²) in [6.45, 7) is 7.79. The van der Waals surface area contributed by atoms with Crippen LogP contribution in [-0.2, 0) is 0 Å². The van der Waals surface area contributed by atoms with Crippen molar-refractivity contribution in [1.82, 2.24) is 0 Å². The minimum absolute atomic E-state index is 0.0962. The van der Waals surface area contributed by atoms with Gasteiger partial charge in [-0.1, -0.05) is 18.2 Å². The first-order valence-corrected chi connectivity index (χ1v) is 10.8. The zero-order valence-electron chi connectivity index (χ0n) is 18.7. The molecule has 168 valence electrons. The van der Waals surface area contributed by atoms with Gasteiger partial charge >= 0.3 is 5.97 Å². The molecule has 0 N–H and O–H groups in total. The third-order valence-corrected chi connectivity index (χ3v) is 5.53. The maximum Gasteiger partial charge on any atom is 0.343 e. The molecule has 4 rings (SSSR count). The summed E-state index contributed by atoms with van der Waals surface area (Å²) < 4.78 is 24.6. The van der Waals surface area contributed by atoms with Gasteiger partial charge in [-0.05, 0) is 74.4 Å². The van der Waals surface area contributed by atoms with Crippen LogP contribution in [0.15, 0.2) is 66.4 Å². The molecule has 1 aliphatic heterocycles. The first-order valence-electron chi connectivity index (χ1n) is 10.8. The molecule has 0 amide bonds. The molecule has 0 fully saturated rings. The third kappa shape index (κ3) is 4.65. The molecular formula is C27H24FNO4. The van der Waals surface area contributed by atoms with E-state index in [2.05, 4.69) is 18.7 Å². The average Bonchev–Trinajstić information content (AvgIpc) is 3.11. The number of halogens is 1. The lowest BCUT2D eigenvalue weighted by atomic mass is 10.0. The molecule has 1 aliphatic rings. The highest BCUT2D eigenvalue weighted by molar-refractivity contribution is 6.15. The Labute approximate surface area is 192 Å². The van der Waals surface area contributed by atoms with Crippen molar-refractivity contribution < 1.29 is 23.5 Å². The minimum atomic E-state index is -0.692. The highest BCUT2D eigenvalue weighted by atomic mass is 19.1. The van der Waals surface area contributed by atoms with Crippen LogP contribution < -0.4 is 14.4 Å². The standard InChI is InChI=1S/C27H24FNO4/c1-4-29(5-2)21-11-9-18(10-12-21)14-24-26(30)25-17(3)13-22(16-23(25)33-24)32-27(31)19-7-6-8-20(28)15-19/h6-16H,4-5H2,1-3H3/b24-14-. The second-order valence-corrected chi connectivity index (χ2v) is 7.72. The predicted molar refractivity (Wildman–Crippen MR) is 125 cm³/mol. The molecule has 0 saturated carbocycles. The number of carbonyl (C=O) groups excluding carboxylic acids is 2. The quantitative estimate of drug-likeness (QED) is 0.272. The molecule has 33 heavy (non-hydrogen) atoms.